The molecule has 0 unspecified atom stereocenters. The van der Waals surface area contributed by atoms with Crippen LogP contribution in [0.1, 0.15) is 0 Å². The zero-order chi connectivity index (χ0) is 19.8. The first-order valence-electron chi connectivity index (χ1n) is 9.16. The van der Waals surface area contributed by atoms with Gasteiger partial charge in [0.1, 0.15) is 5.82 Å². The number of hydrogen-bond acceptors (Lipinski definition) is 3. The topological polar surface area (TPSA) is 37.8 Å². The number of aromatic nitrogens is 2. The van der Waals surface area contributed by atoms with E-state index < -0.39 is 0 Å². The van der Waals surface area contributed by atoms with E-state index in [0.717, 1.165) is 33.4 Å². The van der Waals surface area contributed by atoms with Gasteiger partial charge in [-0.15, -0.1) is 0 Å². The van der Waals surface area contributed by atoms with Crippen LogP contribution in [0.2, 0.25) is 10.0 Å². The summed E-state index contributed by atoms with van der Waals surface area (Å²) in [4.78, 5) is 9.55. The highest BCUT2D eigenvalue weighted by Gasteiger charge is 2.12. The number of halogens is 2. The van der Waals surface area contributed by atoms with E-state index in [2.05, 4.69) is 29.6 Å². The Bertz CT molecular complexity index is 1360. The van der Waals surface area contributed by atoms with Crippen molar-refractivity contribution in [3.8, 4) is 11.4 Å². The normalized spacial score (nSPS) is 11.1. The maximum absolute atomic E-state index is 6.21. The molecule has 0 fully saturated rings. The van der Waals surface area contributed by atoms with Crippen LogP contribution in [0.25, 0.3) is 33.1 Å². The molecule has 140 valence electrons. The number of nitrogens with one attached hydrogen (secondary N) is 1. The van der Waals surface area contributed by atoms with Crippen molar-refractivity contribution in [2.24, 2.45) is 0 Å². The SMILES string of the molecule is Clc1ccc(-c2nc(Nc3cccc4ccccc34)c3ccccc3n2)cc1Cl. The Kier molecular flexibility index (Phi) is 4.55. The number of fused-ring (bicyclic) bond motifs is 2. The van der Waals surface area contributed by atoms with Crippen LogP contribution in [-0.2, 0) is 0 Å². The van der Waals surface area contributed by atoms with E-state index in [1.54, 1.807) is 12.1 Å². The summed E-state index contributed by atoms with van der Waals surface area (Å²) in [5.41, 5.74) is 2.66. The van der Waals surface area contributed by atoms with Gasteiger partial charge in [0.15, 0.2) is 5.82 Å². The fourth-order valence-electron chi connectivity index (χ4n) is 3.40. The first kappa shape index (κ1) is 17.9. The third kappa shape index (κ3) is 3.39. The summed E-state index contributed by atoms with van der Waals surface area (Å²) in [6, 6.07) is 27.8. The van der Waals surface area contributed by atoms with Gasteiger partial charge in [-0.3, -0.25) is 0 Å². The zero-order valence-electron chi connectivity index (χ0n) is 15.2. The van der Waals surface area contributed by atoms with Gasteiger partial charge in [0, 0.05) is 22.0 Å². The molecule has 0 radical (unpaired) electrons. The minimum atomic E-state index is 0.476. The summed E-state index contributed by atoms with van der Waals surface area (Å²) < 4.78 is 0. The third-order valence-corrected chi connectivity index (χ3v) is 5.56. The highest BCUT2D eigenvalue weighted by Crippen LogP contribution is 2.32. The summed E-state index contributed by atoms with van der Waals surface area (Å²) in [5.74, 6) is 1.33. The highest BCUT2D eigenvalue weighted by atomic mass is 35.5. The molecule has 0 aliphatic heterocycles. The van der Waals surface area contributed by atoms with E-state index in [0.29, 0.717) is 15.9 Å². The quantitative estimate of drug-likeness (QED) is 0.331. The molecule has 4 aromatic carbocycles. The van der Waals surface area contributed by atoms with Crippen molar-refractivity contribution >= 4 is 56.4 Å². The molecule has 5 heteroatoms. The molecule has 0 atom stereocenters. The largest absolute Gasteiger partial charge is 0.339 e. The lowest BCUT2D eigenvalue weighted by molar-refractivity contribution is 1.22. The van der Waals surface area contributed by atoms with Crippen molar-refractivity contribution < 1.29 is 0 Å². The molecule has 3 nitrogen and oxygen atoms in total. The average Bonchev–Trinajstić information content (AvgIpc) is 2.76. The van der Waals surface area contributed by atoms with E-state index in [4.69, 9.17) is 33.2 Å². The fourth-order valence-corrected chi connectivity index (χ4v) is 3.70. The average molecular weight is 416 g/mol. The van der Waals surface area contributed by atoms with Gasteiger partial charge >= 0.3 is 0 Å². The predicted octanol–water partition coefficient (Wildman–Crippen LogP) is 7.50. The summed E-state index contributed by atoms with van der Waals surface area (Å²) in [5, 5.41) is 7.75. The lowest BCUT2D eigenvalue weighted by atomic mass is 10.1. The van der Waals surface area contributed by atoms with Gasteiger partial charge in [-0.05, 0) is 41.8 Å². The number of hydrogen-bond donors (Lipinski definition) is 1. The number of benzene rings is 4. The van der Waals surface area contributed by atoms with E-state index >= 15 is 0 Å². The van der Waals surface area contributed by atoms with Crippen LogP contribution in [0.5, 0.6) is 0 Å². The molecular weight excluding hydrogens is 401 g/mol. The first-order valence-corrected chi connectivity index (χ1v) is 9.92. The molecule has 0 aliphatic rings. The molecule has 0 amide bonds. The molecule has 1 aromatic heterocycles. The van der Waals surface area contributed by atoms with Gasteiger partial charge in [0.05, 0.1) is 15.6 Å². The Morgan fingerprint density at radius 2 is 1.41 bits per heavy atom. The van der Waals surface area contributed by atoms with E-state index in [9.17, 15) is 0 Å². The van der Waals surface area contributed by atoms with Gasteiger partial charge in [0.25, 0.3) is 0 Å². The molecule has 0 saturated carbocycles. The summed E-state index contributed by atoms with van der Waals surface area (Å²) in [6.07, 6.45) is 0. The summed E-state index contributed by atoms with van der Waals surface area (Å²) >= 11 is 12.3. The first-order chi connectivity index (χ1) is 14.2. The Balaban J connectivity index is 1.69. The lowest BCUT2D eigenvalue weighted by Gasteiger charge is -2.13. The van der Waals surface area contributed by atoms with Crippen molar-refractivity contribution in [3.05, 3.63) is 95.0 Å². The second-order valence-corrected chi connectivity index (χ2v) is 7.51. The Morgan fingerprint density at radius 3 is 2.28 bits per heavy atom. The minimum Gasteiger partial charge on any atom is -0.339 e. The summed E-state index contributed by atoms with van der Waals surface area (Å²) in [7, 11) is 0. The third-order valence-electron chi connectivity index (χ3n) is 4.82. The maximum atomic E-state index is 6.21. The smallest absolute Gasteiger partial charge is 0.162 e. The molecule has 0 spiro atoms. The van der Waals surface area contributed by atoms with Crippen molar-refractivity contribution in [2.45, 2.75) is 0 Å². The van der Waals surface area contributed by atoms with Crippen LogP contribution in [0, 0.1) is 0 Å². The standard InChI is InChI=1S/C24H15Cl2N3/c25-19-13-12-16(14-20(19)26)23-27-22-10-4-3-9-18(22)24(29-23)28-21-11-5-7-15-6-1-2-8-17(15)21/h1-14H,(H,27,28,29). The number of nitrogens with zero attached hydrogens (tertiary/aromatic N) is 2. The molecule has 29 heavy (non-hydrogen) atoms. The van der Waals surface area contributed by atoms with Gasteiger partial charge in [-0.2, -0.15) is 0 Å². The zero-order valence-corrected chi connectivity index (χ0v) is 16.7. The minimum absolute atomic E-state index is 0.476. The molecule has 5 aromatic rings. The Hall–Kier alpha value is -3.14. The molecule has 0 aliphatic carbocycles. The molecule has 5 rings (SSSR count). The fraction of sp³-hybridized carbons (Fsp3) is 0. The van der Waals surface area contributed by atoms with Gasteiger partial charge in [0.2, 0.25) is 0 Å². The van der Waals surface area contributed by atoms with Crippen LogP contribution in [0.4, 0.5) is 11.5 Å². The van der Waals surface area contributed by atoms with Crippen molar-refractivity contribution in [1.29, 1.82) is 0 Å². The second-order valence-electron chi connectivity index (χ2n) is 6.69. The van der Waals surface area contributed by atoms with Gasteiger partial charge < -0.3 is 5.32 Å². The van der Waals surface area contributed by atoms with Crippen molar-refractivity contribution in [1.82, 2.24) is 9.97 Å². The van der Waals surface area contributed by atoms with Crippen LogP contribution < -0.4 is 5.32 Å². The van der Waals surface area contributed by atoms with Crippen LogP contribution in [0.3, 0.4) is 0 Å². The predicted molar refractivity (Wildman–Crippen MR) is 122 cm³/mol. The van der Waals surface area contributed by atoms with Crippen molar-refractivity contribution in [2.75, 3.05) is 5.32 Å². The van der Waals surface area contributed by atoms with Crippen molar-refractivity contribution in [3.63, 3.8) is 0 Å². The summed E-state index contributed by atoms with van der Waals surface area (Å²) in [6.45, 7) is 0. The van der Waals surface area contributed by atoms with E-state index in [-0.39, 0.29) is 0 Å². The van der Waals surface area contributed by atoms with Gasteiger partial charge in [-0.25, -0.2) is 9.97 Å². The highest BCUT2D eigenvalue weighted by molar-refractivity contribution is 6.42. The number of para-hydroxylation sites is 1. The second kappa shape index (κ2) is 7.36. The lowest BCUT2D eigenvalue weighted by Crippen LogP contribution is -2.00. The van der Waals surface area contributed by atoms with E-state index in [1.807, 2.05) is 48.5 Å². The van der Waals surface area contributed by atoms with Crippen LogP contribution >= 0.6 is 23.2 Å². The molecule has 1 N–H and O–H groups in total. The number of anilines is 2. The number of rotatable bonds is 3. The molecule has 1 heterocycles. The van der Waals surface area contributed by atoms with Crippen LogP contribution in [0.15, 0.2) is 84.9 Å². The molecule has 0 bridgehead atoms. The van der Waals surface area contributed by atoms with Crippen LogP contribution in [-0.4, -0.2) is 9.97 Å². The Labute approximate surface area is 178 Å². The van der Waals surface area contributed by atoms with E-state index in [1.165, 1.54) is 5.39 Å². The maximum Gasteiger partial charge on any atom is 0.162 e. The Morgan fingerprint density at radius 1 is 0.655 bits per heavy atom. The molecular formula is C24H15Cl2N3. The van der Waals surface area contributed by atoms with Gasteiger partial charge in [-0.1, -0.05) is 71.7 Å². The molecule has 0 saturated heterocycles. The monoisotopic (exact) mass is 415 g/mol.